The van der Waals surface area contributed by atoms with E-state index in [9.17, 15) is 0 Å². The van der Waals surface area contributed by atoms with Crippen LogP contribution in [-0.4, -0.2) is 37.6 Å². The predicted octanol–water partition coefficient (Wildman–Crippen LogP) is 2.14. The molecular weight excluding hydrogens is 220 g/mol. The van der Waals surface area contributed by atoms with Gasteiger partial charge in [0.05, 0.1) is 0 Å². The lowest BCUT2D eigenvalue weighted by Gasteiger charge is -2.35. The molecule has 2 unspecified atom stereocenters. The van der Waals surface area contributed by atoms with Crippen LogP contribution < -0.4 is 5.32 Å². The van der Waals surface area contributed by atoms with Gasteiger partial charge in [-0.3, -0.25) is 0 Å². The zero-order chi connectivity index (χ0) is 10.1. The van der Waals surface area contributed by atoms with Crippen molar-refractivity contribution in [3.8, 4) is 0 Å². The number of fused-ring (bicyclic) bond motifs is 1. The second kappa shape index (κ2) is 5.70. The van der Waals surface area contributed by atoms with E-state index in [-0.39, 0.29) is 12.4 Å². The van der Waals surface area contributed by atoms with Crippen molar-refractivity contribution in [2.75, 3.05) is 32.7 Å². The number of rotatable bonds is 2. The highest BCUT2D eigenvalue weighted by Crippen LogP contribution is 2.30. The minimum atomic E-state index is 0. The van der Waals surface area contributed by atoms with E-state index in [2.05, 4.69) is 10.2 Å². The molecule has 1 N–H and O–H groups in total. The van der Waals surface area contributed by atoms with Crippen LogP contribution in [0.4, 0.5) is 0 Å². The van der Waals surface area contributed by atoms with E-state index in [4.69, 9.17) is 0 Å². The number of likely N-dealkylation sites (tertiary alicyclic amines) is 1. The summed E-state index contributed by atoms with van der Waals surface area (Å²) in [5.41, 5.74) is 0. The molecule has 2 saturated heterocycles. The third kappa shape index (κ3) is 2.72. The summed E-state index contributed by atoms with van der Waals surface area (Å²) in [4.78, 5) is 2.75. The van der Waals surface area contributed by atoms with Crippen LogP contribution in [0.25, 0.3) is 0 Å². The molecule has 16 heavy (non-hydrogen) atoms. The van der Waals surface area contributed by atoms with Crippen LogP contribution in [0.5, 0.6) is 0 Å². The number of piperidine rings is 1. The van der Waals surface area contributed by atoms with Crippen molar-refractivity contribution in [2.24, 2.45) is 17.8 Å². The maximum Gasteiger partial charge on any atom is 0.00251 e. The first-order chi connectivity index (χ1) is 7.42. The highest BCUT2D eigenvalue weighted by molar-refractivity contribution is 5.85. The maximum atomic E-state index is 3.55. The van der Waals surface area contributed by atoms with Gasteiger partial charge in [0.25, 0.3) is 0 Å². The molecule has 0 aromatic heterocycles. The molecule has 0 amide bonds. The summed E-state index contributed by atoms with van der Waals surface area (Å²) in [7, 11) is 0. The van der Waals surface area contributed by atoms with Gasteiger partial charge >= 0.3 is 0 Å². The van der Waals surface area contributed by atoms with E-state index in [1.165, 1.54) is 64.8 Å². The fourth-order valence-electron chi connectivity index (χ4n) is 3.83. The van der Waals surface area contributed by atoms with E-state index >= 15 is 0 Å². The first kappa shape index (κ1) is 12.7. The Hall–Kier alpha value is 0.210. The molecule has 0 spiro atoms. The second-order valence-corrected chi connectivity index (χ2v) is 5.88. The van der Waals surface area contributed by atoms with Crippen molar-refractivity contribution in [1.82, 2.24) is 10.2 Å². The highest BCUT2D eigenvalue weighted by atomic mass is 35.5. The zero-order valence-corrected chi connectivity index (χ0v) is 11.0. The molecule has 94 valence electrons. The van der Waals surface area contributed by atoms with Crippen LogP contribution >= 0.6 is 12.4 Å². The van der Waals surface area contributed by atoms with Gasteiger partial charge < -0.3 is 10.2 Å². The van der Waals surface area contributed by atoms with Gasteiger partial charge in [0.1, 0.15) is 0 Å². The van der Waals surface area contributed by atoms with Crippen LogP contribution in [0, 0.1) is 17.8 Å². The van der Waals surface area contributed by atoms with Crippen LogP contribution in [0.2, 0.25) is 0 Å². The molecule has 2 heterocycles. The van der Waals surface area contributed by atoms with Gasteiger partial charge in [-0.25, -0.2) is 0 Å². The number of halogens is 1. The topological polar surface area (TPSA) is 15.3 Å². The predicted molar refractivity (Wildman–Crippen MR) is 70.1 cm³/mol. The quantitative estimate of drug-likeness (QED) is 0.801. The third-order valence-electron chi connectivity index (χ3n) is 4.78. The summed E-state index contributed by atoms with van der Waals surface area (Å²) < 4.78 is 0. The summed E-state index contributed by atoms with van der Waals surface area (Å²) >= 11 is 0. The molecule has 1 aliphatic carbocycles. The van der Waals surface area contributed by atoms with E-state index < -0.39 is 0 Å². The van der Waals surface area contributed by atoms with Gasteiger partial charge in [-0.05, 0) is 56.7 Å². The number of hydrogen-bond acceptors (Lipinski definition) is 2. The number of hydrogen-bond donors (Lipinski definition) is 1. The smallest absolute Gasteiger partial charge is 0.00251 e. The van der Waals surface area contributed by atoms with Crippen LogP contribution in [0.15, 0.2) is 0 Å². The summed E-state index contributed by atoms with van der Waals surface area (Å²) in [6.45, 7) is 6.74. The van der Waals surface area contributed by atoms with Crippen molar-refractivity contribution in [1.29, 1.82) is 0 Å². The third-order valence-corrected chi connectivity index (χ3v) is 4.78. The average Bonchev–Trinajstić information content (AvgIpc) is 2.87. The first-order valence-electron chi connectivity index (χ1n) is 6.85. The van der Waals surface area contributed by atoms with Gasteiger partial charge in [0, 0.05) is 13.1 Å². The van der Waals surface area contributed by atoms with E-state index in [0.29, 0.717) is 0 Å². The van der Waals surface area contributed by atoms with Crippen LogP contribution in [-0.2, 0) is 0 Å². The van der Waals surface area contributed by atoms with E-state index in [0.717, 1.165) is 17.8 Å². The molecule has 1 saturated carbocycles. The van der Waals surface area contributed by atoms with Gasteiger partial charge in [0.2, 0.25) is 0 Å². The zero-order valence-electron chi connectivity index (χ0n) is 10.2. The average molecular weight is 245 g/mol. The Kier molecular flexibility index (Phi) is 4.51. The minimum Gasteiger partial charge on any atom is -0.316 e. The summed E-state index contributed by atoms with van der Waals surface area (Å²) in [6, 6.07) is 0. The normalized spacial score (nSPS) is 36.0. The molecule has 2 aliphatic heterocycles. The maximum absolute atomic E-state index is 3.55. The Balaban J connectivity index is 0.000000963. The Labute approximate surface area is 106 Å². The second-order valence-electron chi connectivity index (χ2n) is 5.88. The molecule has 3 rings (SSSR count). The van der Waals surface area contributed by atoms with Crippen LogP contribution in [0.3, 0.4) is 0 Å². The van der Waals surface area contributed by atoms with Gasteiger partial charge in [-0.1, -0.05) is 12.8 Å². The van der Waals surface area contributed by atoms with Gasteiger partial charge in [0.15, 0.2) is 0 Å². The lowest BCUT2D eigenvalue weighted by molar-refractivity contribution is 0.130. The summed E-state index contributed by atoms with van der Waals surface area (Å²) in [6.07, 6.45) is 7.44. The summed E-state index contributed by atoms with van der Waals surface area (Å²) in [5.74, 6) is 3.01. The van der Waals surface area contributed by atoms with Crippen LogP contribution in [0.1, 0.15) is 32.1 Å². The molecule has 0 radical (unpaired) electrons. The molecule has 0 bridgehead atoms. The molecule has 2 nitrogen and oxygen atoms in total. The Morgan fingerprint density at radius 1 is 1.00 bits per heavy atom. The first-order valence-corrected chi connectivity index (χ1v) is 6.85. The van der Waals surface area contributed by atoms with E-state index in [1.807, 2.05) is 0 Å². The monoisotopic (exact) mass is 244 g/mol. The van der Waals surface area contributed by atoms with Crippen molar-refractivity contribution in [2.45, 2.75) is 32.1 Å². The van der Waals surface area contributed by atoms with Crippen molar-refractivity contribution in [3.63, 3.8) is 0 Å². The fourth-order valence-corrected chi connectivity index (χ4v) is 3.83. The minimum absolute atomic E-state index is 0. The number of nitrogens with one attached hydrogen (secondary N) is 1. The molecule has 3 aliphatic rings. The lowest BCUT2D eigenvalue weighted by Crippen LogP contribution is -2.41. The highest BCUT2D eigenvalue weighted by Gasteiger charge is 2.33. The molecule has 3 fully saturated rings. The largest absolute Gasteiger partial charge is 0.316 e. The van der Waals surface area contributed by atoms with Crippen molar-refractivity contribution in [3.05, 3.63) is 0 Å². The number of nitrogens with zero attached hydrogens (tertiary/aromatic N) is 1. The molecule has 3 heteroatoms. The molecular formula is C13H25ClN2. The Bertz CT molecular complexity index is 214. The van der Waals surface area contributed by atoms with Gasteiger partial charge in [-0.15, -0.1) is 12.4 Å². The summed E-state index contributed by atoms with van der Waals surface area (Å²) in [5, 5.41) is 3.55. The molecule has 2 atom stereocenters. The van der Waals surface area contributed by atoms with Crippen molar-refractivity contribution < 1.29 is 0 Å². The lowest BCUT2D eigenvalue weighted by atomic mass is 9.88. The SMILES string of the molecule is C1CCC(CN2CCC3CNCC3C2)C1.Cl. The van der Waals surface area contributed by atoms with E-state index in [1.54, 1.807) is 0 Å². The fraction of sp³-hybridized carbons (Fsp3) is 1.00. The Morgan fingerprint density at radius 3 is 2.56 bits per heavy atom. The molecule has 0 aromatic carbocycles. The standard InChI is InChI=1S/C13H24N2.ClH/c1-2-4-11(3-1)9-15-6-5-12-7-14-8-13(12)10-15;/h11-14H,1-10H2;1H. The van der Waals surface area contributed by atoms with Gasteiger partial charge in [-0.2, -0.15) is 0 Å². The Morgan fingerprint density at radius 2 is 1.75 bits per heavy atom. The molecule has 0 aromatic rings. The van der Waals surface area contributed by atoms with Crippen molar-refractivity contribution >= 4 is 12.4 Å².